The summed E-state index contributed by atoms with van der Waals surface area (Å²) in [6.45, 7) is 0.433. The van der Waals surface area contributed by atoms with Crippen molar-refractivity contribution in [2.24, 2.45) is 0 Å². The zero-order chi connectivity index (χ0) is 17.1. The van der Waals surface area contributed by atoms with Gasteiger partial charge in [0.2, 0.25) is 0 Å². The first-order valence-electron chi connectivity index (χ1n) is 8.65. The number of H-pyrrole nitrogens is 1. The number of ether oxygens (including phenoxy) is 1. The first-order valence-corrected chi connectivity index (χ1v) is 8.65. The fraction of sp³-hybridized carbons (Fsp3) is 0.182. The van der Waals surface area contributed by atoms with Crippen LogP contribution in [0, 0.1) is 0 Å². The normalized spacial score (nSPS) is 12.0. The second-order valence-corrected chi connectivity index (χ2v) is 6.27. The Hall–Kier alpha value is -2.65. The largest absolute Gasteiger partial charge is 1.00 e. The number of rotatable bonds is 5. The monoisotopic (exact) mass is 365 g/mol. The summed E-state index contributed by atoms with van der Waals surface area (Å²) >= 11 is 0. The summed E-state index contributed by atoms with van der Waals surface area (Å²) in [5.74, 6) is -0.467. The van der Waals surface area contributed by atoms with Crippen LogP contribution in [0.3, 0.4) is 0 Å². The fourth-order valence-electron chi connectivity index (χ4n) is 3.51. The Balaban J connectivity index is 0.00000196. The molecular formula is C22H20ClNO2. The minimum absolute atomic E-state index is 0. The van der Waals surface area contributed by atoms with Gasteiger partial charge in [0.05, 0.1) is 6.61 Å². The van der Waals surface area contributed by atoms with Gasteiger partial charge < -0.3 is 17.1 Å². The standard InChI is InChI=1S/C22H19NO2.ClH/c24-22(25-15-7-9-16-8-5-6-14-23-16)21-19-12-3-1-10-17(19)18-11-2-4-13-20(18)21;/h1-6,8,10-14,21H,7,9,15H2;1H. The zero-order valence-electron chi connectivity index (χ0n) is 14.3. The number of aromatic amines is 1. The molecule has 0 aliphatic heterocycles. The van der Waals surface area contributed by atoms with Crippen LogP contribution in [-0.4, -0.2) is 12.6 Å². The average Bonchev–Trinajstić information content (AvgIpc) is 3.01. The Labute approximate surface area is 159 Å². The van der Waals surface area contributed by atoms with Crippen molar-refractivity contribution in [2.75, 3.05) is 6.61 Å². The second-order valence-electron chi connectivity index (χ2n) is 6.27. The number of halogens is 1. The smallest absolute Gasteiger partial charge is 0.317 e. The van der Waals surface area contributed by atoms with Crippen LogP contribution in [0.25, 0.3) is 11.1 Å². The van der Waals surface area contributed by atoms with Gasteiger partial charge in [-0.25, -0.2) is 4.98 Å². The maximum absolute atomic E-state index is 12.8. The van der Waals surface area contributed by atoms with E-state index in [2.05, 4.69) is 17.1 Å². The summed E-state index contributed by atoms with van der Waals surface area (Å²) in [5, 5.41) is 0. The average molecular weight is 366 g/mol. The topological polar surface area (TPSA) is 40.4 Å². The van der Waals surface area contributed by atoms with E-state index in [0.717, 1.165) is 40.8 Å². The molecule has 1 N–H and O–H groups in total. The Morgan fingerprint density at radius 3 is 2.12 bits per heavy atom. The van der Waals surface area contributed by atoms with Crippen LogP contribution in [0.4, 0.5) is 0 Å². The van der Waals surface area contributed by atoms with Crippen LogP contribution < -0.4 is 17.4 Å². The number of carbonyl (C=O) groups is 1. The summed E-state index contributed by atoms with van der Waals surface area (Å²) in [6, 6.07) is 22.2. The fourth-order valence-corrected chi connectivity index (χ4v) is 3.51. The molecule has 1 aliphatic carbocycles. The summed E-state index contributed by atoms with van der Waals surface area (Å²) in [7, 11) is 0. The molecule has 1 aromatic heterocycles. The molecule has 0 fully saturated rings. The molecule has 132 valence electrons. The minimum Gasteiger partial charge on any atom is -1.00 e. The number of hydrogen-bond donors (Lipinski definition) is 0. The van der Waals surface area contributed by atoms with Crippen LogP contribution in [0.15, 0.2) is 72.9 Å². The van der Waals surface area contributed by atoms with Crippen molar-refractivity contribution < 1.29 is 26.9 Å². The van der Waals surface area contributed by atoms with E-state index < -0.39 is 0 Å². The molecule has 4 heteroatoms. The molecule has 0 saturated carbocycles. The molecule has 1 heterocycles. The van der Waals surface area contributed by atoms with E-state index in [1.54, 1.807) is 0 Å². The first-order chi connectivity index (χ1) is 12.3. The third-order valence-electron chi connectivity index (χ3n) is 4.68. The van der Waals surface area contributed by atoms with Gasteiger partial charge in [-0.1, -0.05) is 54.6 Å². The van der Waals surface area contributed by atoms with Crippen LogP contribution in [0.5, 0.6) is 0 Å². The van der Waals surface area contributed by atoms with Crippen molar-refractivity contribution in [1.82, 2.24) is 0 Å². The van der Waals surface area contributed by atoms with E-state index in [1.807, 2.05) is 60.8 Å². The molecule has 3 nitrogen and oxygen atoms in total. The van der Waals surface area contributed by atoms with Gasteiger partial charge in [-0.05, 0) is 28.7 Å². The van der Waals surface area contributed by atoms with Crippen LogP contribution in [-0.2, 0) is 16.0 Å². The number of aromatic nitrogens is 1. The zero-order valence-corrected chi connectivity index (χ0v) is 15.1. The second kappa shape index (κ2) is 8.15. The van der Waals surface area contributed by atoms with Crippen molar-refractivity contribution in [3.63, 3.8) is 0 Å². The predicted molar refractivity (Wildman–Crippen MR) is 96.0 cm³/mol. The summed E-state index contributed by atoms with van der Waals surface area (Å²) in [4.78, 5) is 15.9. The third kappa shape index (κ3) is 3.49. The molecule has 0 spiro atoms. The lowest BCUT2D eigenvalue weighted by molar-refractivity contribution is -0.390. The number of aryl methyl sites for hydroxylation is 1. The van der Waals surface area contributed by atoms with Gasteiger partial charge >= 0.3 is 5.97 Å². The lowest BCUT2D eigenvalue weighted by atomic mass is 9.97. The van der Waals surface area contributed by atoms with Crippen molar-refractivity contribution >= 4 is 5.97 Å². The number of fused-ring (bicyclic) bond motifs is 3. The molecule has 3 aromatic rings. The van der Waals surface area contributed by atoms with Crippen LogP contribution in [0.2, 0.25) is 0 Å². The summed E-state index contributed by atoms with van der Waals surface area (Å²) < 4.78 is 5.61. The van der Waals surface area contributed by atoms with Crippen molar-refractivity contribution in [2.45, 2.75) is 18.8 Å². The molecule has 1 aliphatic rings. The molecule has 0 radical (unpaired) electrons. The number of nitrogens with one attached hydrogen (secondary N) is 1. The van der Waals surface area contributed by atoms with Gasteiger partial charge in [-0.2, -0.15) is 0 Å². The lowest BCUT2D eigenvalue weighted by Crippen LogP contribution is -3.00. The van der Waals surface area contributed by atoms with Crippen LogP contribution in [0.1, 0.15) is 29.2 Å². The van der Waals surface area contributed by atoms with Crippen molar-refractivity contribution in [3.8, 4) is 11.1 Å². The van der Waals surface area contributed by atoms with Gasteiger partial charge in [0.15, 0.2) is 11.9 Å². The van der Waals surface area contributed by atoms with Gasteiger partial charge in [0, 0.05) is 18.6 Å². The number of benzene rings is 2. The van der Waals surface area contributed by atoms with Crippen molar-refractivity contribution in [3.05, 3.63) is 89.7 Å². The quantitative estimate of drug-likeness (QED) is 0.495. The number of hydrogen-bond acceptors (Lipinski definition) is 2. The van der Waals surface area contributed by atoms with E-state index in [4.69, 9.17) is 4.74 Å². The molecular weight excluding hydrogens is 346 g/mol. The molecule has 0 unspecified atom stereocenters. The van der Waals surface area contributed by atoms with E-state index in [1.165, 1.54) is 0 Å². The molecule has 0 atom stereocenters. The van der Waals surface area contributed by atoms with Crippen LogP contribution >= 0.6 is 0 Å². The van der Waals surface area contributed by atoms with Gasteiger partial charge in [-0.3, -0.25) is 4.79 Å². The van der Waals surface area contributed by atoms with Crippen molar-refractivity contribution in [1.29, 1.82) is 0 Å². The Morgan fingerprint density at radius 1 is 0.885 bits per heavy atom. The van der Waals surface area contributed by atoms with Gasteiger partial charge in [0.1, 0.15) is 5.92 Å². The molecule has 0 amide bonds. The summed E-state index contributed by atoms with van der Waals surface area (Å²) in [6.07, 6.45) is 3.59. The number of pyridine rings is 1. The Kier molecular flexibility index (Phi) is 5.69. The molecule has 2 aromatic carbocycles. The third-order valence-corrected chi connectivity index (χ3v) is 4.68. The van der Waals surface area contributed by atoms with E-state index in [0.29, 0.717) is 6.61 Å². The predicted octanol–water partition coefficient (Wildman–Crippen LogP) is 0.793. The van der Waals surface area contributed by atoms with E-state index in [9.17, 15) is 4.79 Å². The molecule has 0 saturated heterocycles. The number of esters is 1. The van der Waals surface area contributed by atoms with E-state index in [-0.39, 0.29) is 24.3 Å². The Bertz CT molecular complexity index is 850. The van der Waals surface area contributed by atoms with Gasteiger partial charge in [-0.15, -0.1) is 0 Å². The summed E-state index contributed by atoms with van der Waals surface area (Å²) in [5.41, 5.74) is 5.52. The molecule has 26 heavy (non-hydrogen) atoms. The molecule has 0 bridgehead atoms. The maximum Gasteiger partial charge on any atom is 0.317 e. The highest BCUT2D eigenvalue weighted by molar-refractivity contribution is 5.93. The SMILES string of the molecule is O=C(OCCCc1cccc[nH+]1)C1c2ccccc2-c2ccccc21.[Cl-]. The van der Waals surface area contributed by atoms with Gasteiger partial charge in [0.25, 0.3) is 0 Å². The number of carbonyl (C=O) groups excluding carboxylic acids is 1. The lowest BCUT2D eigenvalue weighted by Gasteiger charge is -2.13. The highest BCUT2D eigenvalue weighted by atomic mass is 35.5. The highest BCUT2D eigenvalue weighted by Crippen LogP contribution is 2.44. The maximum atomic E-state index is 12.8. The first kappa shape index (κ1) is 18.2. The highest BCUT2D eigenvalue weighted by Gasteiger charge is 2.34. The minimum atomic E-state index is -0.310. The Morgan fingerprint density at radius 2 is 1.50 bits per heavy atom. The molecule has 4 rings (SSSR count). The van der Waals surface area contributed by atoms with E-state index >= 15 is 0 Å².